The molecule has 0 saturated heterocycles. The monoisotopic (exact) mass is 174 g/mol. The molecule has 0 radical (unpaired) electrons. The second kappa shape index (κ2) is 2.20. The Labute approximate surface area is 70.5 Å². The second-order valence-corrected chi connectivity index (χ2v) is 4.01. The molecule has 4 unspecified atom stereocenters. The average Bonchev–Trinajstić information content (AvgIpc) is 2.07. The van der Waals surface area contributed by atoms with E-state index in [1.165, 1.54) is 0 Å². The lowest BCUT2D eigenvalue weighted by molar-refractivity contribution is -0.300. The van der Waals surface area contributed by atoms with E-state index in [0.29, 0.717) is 25.7 Å². The molecule has 4 N–H and O–H groups in total. The van der Waals surface area contributed by atoms with Gasteiger partial charge in [0.05, 0.1) is 11.7 Å². The van der Waals surface area contributed by atoms with Gasteiger partial charge in [0.25, 0.3) is 0 Å². The van der Waals surface area contributed by atoms with Crippen molar-refractivity contribution in [3.8, 4) is 0 Å². The van der Waals surface area contributed by atoms with E-state index in [0.717, 1.165) is 0 Å². The maximum Gasteiger partial charge on any atom is 0.122 e. The van der Waals surface area contributed by atoms with Crippen LogP contribution in [0.25, 0.3) is 0 Å². The van der Waals surface area contributed by atoms with E-state index < -0.39 is 23.4 Å². The highest BCUT2D eigenvalue weighted by atomic mass is 16.4. The molecule has 0 heterocycles. The zero-order valence-electron chi connectivity index (χ0n) is 6.77. The highest BCUT2D eigenvalue weighted by Crippen LogP contribution is 2.51. The van der Waals surface area contributed by atoms with Crippen LogP contribution in [0.1, 0.15) is 25.7 Å². The zero-order chi connectivity index (χ0) is 8.98. The molecule has 2 fully saturated rings. The Morgan fingerprint density at radius 1 is 1.00 bits per heavy atom. The summed E-state index contributed by atoms with van der Waals surface area (Å²) in [7, 11) is 0. The summed E-state index contributed by atoms with van der Waals surface area (Å²) in [6, 6.07) is 0. The summed E-state index contributed by atoms with van der Waals surface area (Å²) in [6.45, 7) is 0. The summed E-state index contributed by atoms with van der Waals surface area (Å²) in [5.41, 5.74) is -2.60. The van der Waals surface area contributed by atoms with E-state index in [1.807, 2.05) is 0 Å². The van der Waals surface area contributed by atoms with Crippen LogP contribution >= 0.6 is 0 Å². The molecule has 0 bridgehead atoms. The van der Waals surface area contributed by atoms with Gasteiger partial charge in [0.1, 0.15) is 11.7 Å². The Bertz CT molecular complexity index is 207. The predicted molar refractivity (Wildman–Crippen MR) is 40.4 cm³/mol. The quantitative estimate of drug-likeness (QED) is 0.370. The molecule has 2 saturated carbocycles. The Hall–Kier alpha value is -0.160. The molecular weight excluding hydrogens is 160 g/mol. The van der Waals surface area contributed by atoms with Gasteiger partial charge in [-0.15, -0.1) is 0 Å². The Kier molecular flexibility index (Phi) is 1.55. The SMILES string of the molecule is OC1CCC2(O)CCC2(O)C1O. The molecule has 0 aromatic rings. The van der Waals surface area contributed by atoms with Crippen molar-refractivity contribution in [2.45, 2.75) is 49.1 Å². The molecule has 0 aliphatic heterocycles. The van der Waals surface area contributed by atoms with Gasteiger partial charge in [-0.2, -0.15) is 0 Å². The van der Waals surface area contributed by atoms with E-state index in [1.54, 1.807) is 0 Å². The first-order valence-electron chi connectivity index (χ1n) is 4.30. The third-order valence-corrected chi connectivity index (χ3v) is 3.43. The smallest absolute Gasteiger partial charge is 0.122 e. The topological polar surface area (TPSA) is 80.9 Å². The van der Waals surface area contributed by atoms with Gasteiger partial charge in [-0.25, -0.2) is 0 Å². The van der Waals surface area contributed by atoms with Crippen molar-refractivity contribution in [3.63, 3.8) is 0 Å². The first-order valence-corrected chi connectivity index (χ1v) is 4.30. The summed E-state index contributed by atoms with van der Waals surface area (Å²) in [6.07, 6.45) is -0.447. The molecule has 0 spiro atoms. The van der Waals surface area contributed by atoms with Gasteiger partial charge >= 0.3 is 0 Å². The summed E-state index contributed by atoms with van der Waals surface area (Å²) in [5, 5.41) is 38.2. The Morgan fingerprint density at radius 2 is 1.67 bits per heavy atom. The number of aliphatic hydroxyl groups is 4. The molecule has 0 aromatic heterocycles. The largest absolute Gasteiger partial charge is 0.390 e. The van der Waals surface area contributed by atoms with Crippen molar-refractivity contribution in [2.75, 3.05) is 0 Å². The van der Waals surface area contributed by atoms with Crippen LogP contribution in [-0.2, 0) is 0 Å². The number of rotatable bonds is 0. The molecule has 2 aliphatic rings. The van der Waals surface area contributed by atoms with E-state index >= 15 is 0 Å². The van der Waals surface area contributed by atoms with Crippen LogP contribution in [0.2, 0.25) is 0 Å². The maximum atomic E-state index is 9.77. The highest BCUT2D eigenvalue weighted by Gasteiger charge is 2.64. The summed E-state index contributed by atoms with van der Waals surface area (Å²) in [5.74, 6) is 0. The van der Waals surface area contributed by atoms with Crippen LogP contribution in [0.4, 0.5) is 0 Å². The normalized spacial score (nSPS) is 59.0. The van der Waals surface area contributed by atoms with Crippen molar-refractivity contribution >= 4 is 0 Å². The predicted octanol–water partition coefficient (Wildman–Crippen LogP) is -1.24. The molecule has 4 heteroatoms. The zero-order valence-corrected chi connectivity index (χ0v) is 6.77. The van der Waals surface area contributed by atoms with Crippen LogP contribution < -0.4 is 0 Å². The van der Waals surface area contributed by atoms with Crippen LogP contribution in [0.3, 0.4) is 0 Å². The van der Waals surface area contributed by atoms with E-state index in [2.05, 4.69) is 0 Å². The van der Waals surface area contributed by atoms with Crippen molar-refractivity contribution in [3.05, 3.63) is 0 Å². The molecule has 2 aliphatic carbocycles. The standard InChI is InChI=1S/C8H14O4/c9-5-1-2-7(11)3-4-8(7,12)6(5)10/h5-6,9-12H,1-4H2. The molecule has 2 rings (SSSR count). The number of hydrogen-bond donors (Lipinski definition) is 4. The fraction of sp³-hybridized carbons (Fsp3) is 1.00. The van der Waals surface area contributed by atoms with Gasteiger partial charge in [0, 0.05) is 0 Å². The molecule has 0 amide bonds. The minimum Gasteiger partial charge on any atom is -0.390 e. The van der Waals surface area contributed by atoms with Gasteiger partial charge in [0.15, 0.2) is 0 Å². The van der Waals surface area contributed by atoms with Crippen molar-refractivity contribution in [2.24, 2.45) is 0 Å². The van der Waals surface area contributed by atoms with Crippen LogP contribution in [0, 0.1) is 0 Å². The van der Waals surface area contributed by atoms with Gasteiger partial charge < -0.3 is 20.4 Å². The van der Waals surface area contributed by atoms with Crippen molar-refractivity contribution < 1.29 is 20.4 Å². The van der Waals surface area contributed by atoms with E-state index in [4.69, 9.17) is 0 Å². The molecule has 4 nitrogen and oxygen atoms in total. The van der Waals surface area contributed by atoms with Gasteiger partial charge in [0.2, 0.25) is 0 Å². The minimum atomic E-state index is -1.45. The molecule has 4 atom stereocenters. The first kappa shape index (κ1) is 8.44. The first-order chi connectivity index (χ1) is 5.50. The number of hydrogen-bond acceptors (Lipinski definition) is 4. The van der Waals surface area contributed by atoms with Crippen LogP contribution in [-0.4, -0.2) is 43.8 Å². The highest BCUT2D eigenvalue weighted by molar-refractivity contribution is 5.17. The van der Waals surface area contributed by atoms with Gasteiger partial charge in [-0.1, -0.05) is 0 Å². The van der Waals surface area contributed by atoms with Crippen LogP contribution in [0.5, 0.6) is 0 Å². The Balaban J connectivity index is 2.24. The number of fused-ring (bicyclic) bond motifs is 1. The summed E-state index contributed by atoms with van der Waals surface area (Å²) >= 11 is 0. The molecule has 70 valence electrons. The third kappa shape index (κ3) is 0.758. The fourth-order valence-corrected chi connectivity index (χ4v) is 2.30. The Morgan fingerprint density at radius 3 is 2.08 bits per heavy atom. The molecule has 0 aromatic carbocycles. The maximum absolute atomic E-state index is 9.77. The third-order valence-electron chi connectivity index (χ3n) is 3.43. The lowest BCUT2D eigenvalue weighted by Crippen LogP contribution is -2.73. The lowest BCUT2D eigenvalue weighted by atomic mass is 9.56. The van der Waals surface area contributed by atoms with Crippen LogP contribution in [0.15, 0.2) is 0 Å². The van der Waals surface area contributed by atoms with E-state index in [9.17, 15) is 20.4 Å². The molecular formula is C8H14O4. The summed E-state index contributed by atoms with van der Waals surface area (Å²) in [4.78, 5) is 0. The van der Waals surface area contributed by atoms with Gasteiger partial charge in [-0.05, 0) is 25.7 Å². The van der Waals surface area contributed by atoms with Crippen molar-refractivity contribution in [1.82, 2.24) is 0 Å². The van der Waals surface area contributed by atoms with Gasteiger partial charge in [-0.3, -0.25) is 0 Å². The van der Waals surface area contributed by atoms with Crippen molar-refractivity contribution in [1.29, 1.82) is 0 Å². The number of aliphatic hydroxyl groups excluding tert-OH is 2. The van der Waals surface area contributed by atoms with E-state index in [-0.39, 0.29) is 0 Å². The molecule has 12 heavy (non-hydrogen) atoms. The summed E-state index contributed by atoms with van der Waals surface area (Å²) < 4.78 is 0. The lowest BCUT2D eigenvalue weighted by Gasteiger charge is -2.58. The minimum absolute atomic E-state index is 0.361. The second-order valence-electron chi connectivity index (χ2n) is 4.01. The average molecular weight is 174 g/mol. The fourth-order valence-electron chi connectivity index (χ4n) is 2.30.